The van der Waals surface area contributed by atoms with Crippen molar-refractivity contribution in [2.75, 3.05) is 7.11 Å². The van der Waals surface area contributed by atoms with Crippen molar-refractivity contribution in [3.63, 3.8) is 0 Å². The van der Waals surface area contributed by atoms with Crippen LogP contribution >= 0.6 is 0 Å². The number of urea groups is 1. The van der Waals surface area contributed by atoms with Crippen molar-refractivity contribution in [2.45, 2.75) is 74.3 Å². The Labute approximate surface area is 187 Å². The molecule has 10 nitrogen and oxygen atoms in total. The fourth-order valence-electron chi connectivity index (χ4n) is 4.74. The van der Waals surface area contributed by atoms with E-state index in [1.54, 1.807) is 0 Å². The van der Waals surface area contributed by atoms with Crippen LogP contribution in [0.3, 0.4) is 0 Å². The van der Waals surface area contributed by atoms with Crippen molar-refractivity contribution in [3.8, 4) is 5.75 Å². The van der Waals surface area contributed by atoms with Crippen LogP contribution in [0.1, 0.15) is 68.1 Å². The van der Waals surface area contributed by atoms with Gasteiger partial charge in [0.15, 0.2) is 0 Å². The Morgan fingerprint density at radius 2 is 1.81 bits per heavy atom. The van der Waals surface area contributed by atoms with Gasteiger partial charge in [0.1, 0.15) is 16.2 Å². The van der Waals surface area contributed by atoms with Gasteiger partial charge < -0.3 is 10.1 Å². The Bertz CT molecular complexity index is 1030. The number of hydrogen-bond acceptors (Lipinski definition) is 6. The molecule has 0 unspecified atom stereocenters. The van der Waals surface area contributed by atoms with Gasteiger partial charge in [-0.25, -0.2) is 17.9 Å². The van der Waals surface area contributed by atoms with Gasteiger partial charge in [-0.3, -0.25) is 15.0 Å². The number of carbonyl (C=O) groups is 3. The molecule has 1 heterocycles. The monoisotopic (exact) mass is 464 g/mol. The van der Waals surface area contributed by atoms with E-state index in [9.17, 15) is 22.8 Å². The van der Waals surface area contributed by atoms with Crippen LogP contribution in [0.4, 0.5) is 4.79 Å². The Morgan fingerprint density at radius 3 is 2.47 bits per heavy atom. The van der Waals surface area contributed by atoms with E-state index >= 15 is 0 Å². The lowest BCUT2D eigenvalue weighted by atomic mass is 9.82. The van der Waals surface area contributed by atoms with Crippen LogP contribution in [-0.2, 0) is 14.8 Å². The van der Waals surface area contributed by atoms with Crippen LogP contribution in [0.15, 0.2) is 23.1 Å². The van der Waals surface area contributed by atoms with Crippen LogP contribution in [0.5, 0.6) is 5.75 Å². The number of methoxy groups -OCH3 is 1. The highest BCUT2D eigenvalue weighted by Gasteiger charge is 2.52. The summed E-state index contributed by atoms with van der Waals surface area (Å²) in [5, 5.41) is 3.41. The lowest BCUT2D eigenvalue weighted by molar-refractivity contribution is -0.134. The van der Waals surface area contributed by atoms with E-state index in [0.717, 1.165) is 44.9 Å². The summed E-state index contributed by atoms with van der Waals surface area (Å²) in [5.74, 6) is -1.15. The predicted octanol–water partition coefficient (Wildman–Crippen LogP) is 1.82. The predicted molar refractivity (Wildman–Crippen MR) is 114 cm³/mol. The normalized spacial score (nSPS) is 21.1. The molecule has 2 aliphatic carbocycles. The maximum atomic E-state index is 12.9. The third-order valence-corrected chi connectivity index (χ3v) is 8.02. The molecular formula is C21H28N4O6S. The summed E-state index contributed by atoms with van der Waals surface area (Å²) in [5.41, 5.74) is 1.35. The minimum absolute atomic E-state index is 0.0113. The van der Waals surface area contributed by atoms with Gasteiger partial charge in [-0.05, 0) is 43.9 Å². The molecule has 0 aromatic heterocycles. The van der Waals surface area contributed by atoms with Crippen molar-refractivity contribution in [3.05, 3.63) is 23.8 Å². The number of benzene rings is 1. The van der Waals surface area contributed by atoms with Crippen molar-refractivity contribution in [1.29, 1.82) is 0 Å². The Hall–Kier alpha value is -2.66. The highest BCUT2D eigenvalue weighted by Crippen LogP contribution is 2.33. The van der Waals surface area contributed by atoms with Gasteiger partial charge in [0.25, 0.3) is 11.8 Å². The fraction of sp³-hybridized carbons (Fsp3) is 0.571. The molecule has 2 saturated carbocycles. The first-order valence-electron chi connectivity index (χ1n) is 10.9. The van der Waals surface area contributed by atoms with Gasteiger partial charge in [0.2, 0.25) is 10.0 Å². The number of nitrogens with one attached hydrogen (secondary N) is 3. The second-order valence-electron chi connectivity index (χ2n) is 8.62. The van der Waals surface area contributed by atoms with Gasteiger partial charge in [-0.15, -0.1) is 0 Å². The molecule has 4 rings (SSSR count). The summed E-state index contributed by atoms with van der Waals surface area (Å²) in [6.45, 7) is 0. The number of hydrazine groups is 1. The summed E-state index contributed by atoms with van der Waals surface area (Å²) in [6.07, 6.45) is 7.13. The number of hydrogen-bond donors (Lipinski definition) is 3. The number of imide groups is 1. The zero-order valence-electron chi connectivity index (χ0n) is 18.0. The van der Waals surface area contributed by atoms with E-state index in [-0.39, 0.29) is 22.3 Å². The van der Waals surface area contributed by atoms with Gasteiger partial charge >= 0.3 is 6.03 Å². The molecule has 0 bridgehead atoms. The van der Waals surface area contributed by atoms with Crippen LogP contribution in [0.2, 0.25) is 0 Å². The smallest absolute Gasteiger partial charge is 0.344 e. The molecule has 32 heavy (non-hydrogen) atoms. The van der Waals surface area contributed by atoms with E-state index in [1.165, 1.54) is 25.3 Å². The fourth-order valence-corrected chi connectivity index (χ4v) is 6.24. The number of rotatable bonds is 6. The molecule has 1 saturated heterocycles. The molecule has 11 heteroatoms. The highest BCUT2D eigenvalue weighted by atomic mass is 32.2. The maximum absolute atomic E-state index is 12.9. The summed E-state index contributed by atoms with van der Waals surface area (Å²) < 4.78 is 33.7. The van der Waals surface area contributed by atoms with E-state index in [1.807, 2.05) is 0 Å². The Morgan fingerprint density at radius 1 is 1.12 bits per heavy atom. The highest BCUT2D eigenvalue weighted by molar-refractivity contribution is 7.89. The number of sulfonamides is 1. The summed E-state index contributed by atoms with van der Waals surface area (Å²) >= 11 is 0. The first-order valence-corrected chi connectivity index (χ1v) is 12.4. The number of carbonyl (C=O) groups excluding carboxylic acids is 3. The minimum atomic E-state index is -3.93. The Balaban J connectivity index is 1.54. The van der Waals surface area contributed by atoms with Crippen LogP contribution in [0, 0.1) is 0 Å². The minimum Gasteiger partial charge on any atom is -0.495 e. The van der Waals surface area contributed by atoms with Gasteiger partial charge in [0.05, 0.1) is 7.11 Å². The average molecular weight is 465 g/mol. The third-order valence-electron chi connectivity index (χ3n) is 6.47. The van der Waals surface area contributed by atoms with E-state index < -0.39 is 33.4 Å². The quantitative estimate of drug-likeness (QED) is 0.550. The molecule has 1 aromatic carbocycles. The summed E-state index contributed by atoms with van der Waals surface area (Å²) in [6, 6.07) is 3.12. The molecule has 4 amide bonds. The largest absolute Gasteiger partial charge is 0.495 e. The SMILES string of the molecule is COc1ccc(C(=O)NN2C(=O)NC3(CCCCC3)C2=O)cc1S(=O)(=O)NC1CCCC1. The zero-order valence-corrected chi connectivity index (χ0v) is 18.8. The number of nitrogens with zero attached hydrogens (tertiary/aromatic N) is 1. The molecule has 0 atom stereocenters. The van der Waals surface area contributed by atoms with Gasteiger partial charge in [-0.2, -0.15) is 5.01 Å². The summed E-state index contributed by atoms with van der Waals surface area (Å²) in [4.78, 5) is 38.0. The van der Waals surface area contributed by atoms with Crippen LogP contribution in [0.25, 0.3) is 0 Å². The topological polar surface area (TPSA) is 134 Å². The molecule has 3 aliphatic rings. The number of ether oxygens (including phenoxy) is 1. The molecule has 3 fully saturated rings. The molecular weight excluding hydrogens is 436 g/mol. The van der Waals surface area contributed by atoms with Gasteiger partial charge in [0, 0.05) is 11.6 Å². The van der Waals surface area contributed by atoms with Crippen molar-refractivity contribution >= 4 is 27.9 Å². The van der Waals surface area contributed by atoms with Crippen molar-refractivity contribution in [2.24, 2.45) is 0 Å². The lowest BCUT2D eigenvalue weighted by Crippen LogP contribution is -2.50. The van der Waals surface area contributed by atoms with Gasteiger partial charge in [-0.1, -0.05) is 32.1 Å². The first-order chi connectivity index (χ1) is 15.3. The second-order valence-corrected chi connectivity index (χ2v) is 10.3. The van der Waals surface area contributed by atoms with Crippen LogP contribution in [-0.4, -0.2) is 50.0 Å². The van der Waals surface area contributed by atoms with Crippen molar-refractivity contribution < 1.29 is 27.5 Å². The molecule has 0 radical (unpaired) electrons. The third kappa shape index (κ3) is 4.18. The number of amides is 4. The molecule has 1 spiro atoms. The Kier molecular flexibility index (Phi) is 6.13. The van der Waals surface area contributed by atoms with E-state index in [2.05, 4.69) is 15.5 Å². The molecule has 3 N–H and O–H groups in total. The average Bonchev–Trinajstić information content (AvgIpc) is 3.36. The lowest BCUT2D eigenvalue weighted by Gasteiger charge is -2.30. The van der Waals surface area contributed by atoms with E-state index in [0.29, 0.717) is 17.9 Å². The standard InChI is InChI=1S/C21H28N4O6S/c1-31-16-10-9-14(13-17(16)32(29,30)24-15-7-3-4-8-15)18(26)23-25-19(27)21(22-20(25)28)11-5-2-6-12-21/h9-10,13,15,24H,2-8,11-12H2,1H3,(H,22,28)(H,23,26). The van der Waals surface area contributed by atoms with E-state index in [4.69, 9.17) is 4.74 Å². The summed E-state index contributed by atoms with van der Waals surface area (Å²) in [7, 11) is -2.58. The molecule has 1 aromatic rings. The first kappa shape index (κ1) is 22.5. The maximum Gasteiger partial charge on any atom is 0.344 e. The zero-order chi connectivity index (χ0) is 22.9. The second kappa shape index (κ2) is 8.70. The van der Waals surface area contributed by atoms with Crippen LogP contribution < -0.4 is 20.2 Å². The molecule has 1 aliphatic heterocycles. The van der Waals surface area contributed by atoms with Crippen molar-refractivity contribution in [1.82, 2.24) is 20.5 Å². The molecule has 174 valence electrons.